The zero-order valence-electron chi connectivity index (χ0n) is 11.9. The van der Waals surface area contributed by atoms with E-state index in [1.54, 1.807) is 23.9 Å². The van der Waals surface area contributed by atoms with Gasteiger partial charge in [0.2, 0.25) is 0 Å². The predicted molar refractivity (Wildman–Crippen MR) is 74.1 cm³/mol. The Kier molecular flexibility index (Phi) is 3.69. The normalized spacial score (nSPS) is 11.2. The number of aromatic nitrogens is 4. The summed E-state index contributed by atoms with van der Waals surface area (Å²) >= 11 is 0. The van der Waals surface area contributed by atoms with Gasteiger partial charge in [0, 0.05) is 18.3 Å². The van der Waals surface area contributed by atoms with Gasteiger partial charge >= 0.3 is 6.09 Å². The van der Waals surface area contributed by atoms with Crippen LogP contribution in [-0.2, 0) is 11.8 Å². The molecule has 1 aromatic carbocycles. The predicted octanol–water partition coefficient (Wildman–Crippen LogP) is 2.22. The molecule has 7 heteroatoms. The van der Waals surface area contributed by atoms with Crippen molar-refractivity contribution >= 4 is 11.8 Å². The van der Waals surface area contributed by atoms with Gasteiger partial charge in [-0.1, -0.05) is 12.1 Å². The summed E-state index contributed by atoms with van der Waals surface area (Å²) in [6.45, 7) is 5.44. The average molecular weight is 275 g/mol. The Morgan fingerprint density at radius 3 is 2.70 bits per heavy atom. The van der Waals surface area contributed by atoms with E-state index < -0.39 is 11.7 Å². The van der Waals surface area contributed by atoms with E-state index in [0.717, 1.165) is 5.56 Å². The molecule has 1 amide bonds. The molecule has 0 saturated heterocycles. The maximum absolute atomic E-state index is 11.7. The van der Waals surface area contributed by atoms with E-state index in [4.69, 9.17) is 4.74 Å². The van der Waals surface area contributed by atoms with Crippen LogP contribution in [0.25, 0.3) is 11.4 Å². The number of ether oxygens (including phenoxy) is 1. The van der Waals surface area contributed by atoms with E-state index in [1.165, 1.54) is 0 Å². The largest absolute Gasteiger partial charge is 0.444 e. The van der Waals surface area contributed by atoms with Gasteiger partial charge in [0.15, 0.2) is 5.82 Å². The fourth-order valence-corrected chi connectivity index (χ4v) is 1.63. The number of benzene rings is 1. The summed E-state index contributed by atoms with van der Waals surface area (Å²) < 4.78 is 6.76. The first-order valence-corrected chi connectivity index (χ1v) is 6.18. The zero-order valence-corrected chi connectivity index (χ0v) is 11.9. The molecule has 0 spiro atoms. The third kappa shape index (κ3) is 3.53. The Bertz CT molecular complexity index is 615. The minimum absolute atomic E-state index is 0.495. The van der Waals surface area contributed by atoms with E-state index in [1.807, 2.05) is 32.9 Å². The molecular weight excluding hydrogens is 258 g/mol. The van der Waals surface area contributed by atoms with Crippen LogP contribution in [0.3, 0.4) is 0 Å². The van der Waals surface area contributed by atoms with Crippen LogP contribution in [0.15, 0.2) is 24.3 Å². The van der Waals surface area contributed by atoms with E-state index in [9.17, 15) is 4.79 Å². The summed E-state index contributed by atoms with van der Waals surface area (Å²) in [4.78, 5) is 11.7. The number of anilines is 1. The van der Waals surface area contributed by atoms with Crippen molar-refractivity contribution in [2.75, 3.05) is 5.32 Å². The quantitative estimate of drug-likeness (QED) is 0.908. The standard InChI is InChI=1S/C13H17N5O2/c1-13(2,3)20-12(19)14-10-7-5-6-9(8-10)11-15-16-17-18(11)4/h5-8H,1-4H3,(H,14,19). The molecule has 20 heavy (non-hydrogen) atoms. The van der Waals surface area contributed by atoms with Gasteiger partial charge in [-0.05, 0) is 43.3 Å². The van der Waals surface area contributed by atoms with Gasteiger partial charge < -0.3 is 4.74 Å². The highest BCUT2D eigenvalue weighted by Crippen LogP contribution is 2.20. The molecule has 2 rings (SSSR count). The second kappa shape index (κ2) is 5.28. The van der Waals surface area contributed by atoms with Crippen molar-refractivity contribution in [3.8, 4) is 11.4 Å². The van der Waals surface area contributed by atoms with Gasteiger partial charge in [-0.3, -0.25) is 5.32 Å². The van der Waals surface area contributed by atoms with Crippen molar-refractivity contribution in [1.29, 1.82) is 0 Å². The number of rotatable bonds is 2. The molecule has 0 aliphatic carbocycles. The molecule has 0 fully saturated rings. The van der Waals surface area contributed by atoms with Gasteiger partial charge in [-0.15, -0.1) is 5.10 Å². The van der Waals surface area contributed by atoms with Crippen LogP contribution < -0.4 is 5.32 Å². The van der Waals surface area contributed by atoms with Crippen LogP contribution in [0.4, 0.5) is 10.5 Å². The second-order valence-corrected chi connectivity index (χ2v) is 5.33. The number of nitrogens with zero attached hydrogens (tertiary/aromatic N) is 4. The van der Waals surface area contributed by atoms with Crippen molar-refractivity contribution in [1.82, 2.24) is 20.2 Å². The lowest BCUT2D eigenvalue weighted by atomic mass is 10.2. The Labute approximate surface area is 116 Å². The van der Waals surface area contributed by atoms with Crippen molar-refractivity contribution in [2.24, 2.45) is 7.05 Å². The number of tetrazole rings is 1. The maximum Gasteiger partial charge on any atom is 0.412 e. The minimum atomic E-state index is -0.533. The van der Waals surface area contributed by atoms with Crippen molar-refractivity contribution < 1.29 is 9.53 Å². The average Bonchev–Trinajstić information content (AvgIpc) is 2.73. The molecule has 1 heterocycles. The molecule has 0 radical (unpaired) electrons. The zero-order chi connectivity index (χ0) is 14.8. The van der Waals surface area contributed by atoms with E-state index in [-0.39, 0.29) is 0 Å². The van der Waals surface area contributed by atoms with Crippen LogP contribution >= 0.6 is 0 Å². The molecule has 1 N–H and O–H groups in total. The monoisotopic (exact) mass is 275 g/mol. The Morgan fingerprint density at radius 2 is 2.10 bits per heavy atom. The first kappa shape index (κ1) is 14.0. The smallest absolute Gasteiger partial charge is 0.412 e. The first-order valence-electron chi connectivity index (χ1n) is 6.18. The lowest BCUT2D eigenvalue weighted by molar-refractivity contribution is 0.0636. The molecular formula is C13H17N5O2. The number of aryl methyl sites for hydroxylation is 1. The molecule has 0 aliphatic heterocycles. The van der Waals surface area contributed by atoms with Gasteiger partial charge in [0.25, 0.3) is 0 Å². The number of carbonyl (C=O) groups excluding carboxylic acids is 1. The van der Waals surface area contributed by atoms with Crippen molar-refractivity contribution in [2.45, 2.75) is 26.4 Å². The Hall–Kier alpha value is -2.44. The molecule has 0 atom stereocenters. The number of hydrogen-bond donors (Lipinski definition) is 1. The van der Waals surface area contributed by atoms with Crippen LogP contribution in [0.1, 0.15) is 20.8 Å². The molecule has 106 valence electrons. The first-order chi connectivity index (χ1) is 9.35. The summed E-state index contributed by atoms with van der Waals surface area (Å²) in [7, 11) is 1.75. The van der Waals surface area contributed by atoms with E-state index >= 15 is 0 Å². The van der Waals surface area contributed by atoms with Gasteiger partial charge in [0.1, 0.15) is 5.60 Å². The lowest BCUT2D eigenvalue weighted by Crippen LogP contribution is -2.27. The Balaban J connectivity index is 2.15. The van der Waals surface area contributed by atoms with E-state index in [2.05, 4.69) is 20.8 Å². The Morgan fingerprint density at radius 1 is 1.35 bits per heavy atom. The van der Waals surface area contributed by atoms with Crippen LogP contribution in [0.2, 0.25) is 0 Å². The second-order valence-electron chi connectivity index (χ2n) is 5.33. The van der Waals surface area contributed by atoms with E-state index in [0.29, 0.717) is 11.5 Å². The molecule has 7 nitrogen and oxygen atoms in total. The third-order valence-corrected chi connectivity index (χ3v) is 2.39. The summed E-state index contributed by atoms with van der Waals surface area (Å²) in [5, 5.41) is 14.0. The van der Waals surface area contributed by atoms with Crippen LogP contribution in [0, 0.1) is 0 Å². The maximum atomic E-state index is 11.7. The fraction of sp³-hybridized carbons (Fsp3) is 0.385. The highest BCUT2D eigenvalue weighted by atomic mass is 16.6. The number of carbonyl (C=O) groups is 1. The summed E-state index contributed by atoms with van der Waals surface area (Å²) in [5.41, 5.74) is 0.903. The number of hydrogen-bond acceptors (Lipinski definition) is 5. The topological polar surface area (TPSA) is 81.9 Å². The minimum Gasteiger partial charge on any atom is -0.444 e. The summed E-state index contributed by atoms with van der Waals surface area (Å²) in [6, 6.07) is 7.25. The molecule has 0 bridgehead atoms. The fourth-order valence-electron chi connectivity index (χ4n) is 1.63. The van der Waals surface area contributed by atoms with Crippen molar-refractivity contribution in [3.05, 3.63) is 24.3 Å². The van der Waals surface area contributed by atoms with Crippen LogP contribution in [-0.4, -0.2) is 31.9 Å². The number of amides is 1. The van der Waals surface area contributed by atoms with Gasteiger partial charge in [-0.2, -0.15) is 0 Å². The lowest BCUT2D eigenvalue weighted by Gasteiger charge is -2.19. The van der Waals surface area contributed by atoms with Crippen LogP contribution in [0.5, 0.6) is 0 Å². The molecule has 2 aromatic rings. The SMILES string of the molecule is Cn1nnnc1-c1cccc(NC(=O)OC(C)(C)C)c1. The van der Waals surface area contributed by atoms with Crippen molar-refractivity contribution in [3.63, 3.8) is 0 Å². The summed E-state index contributed by atoms with van der Waals surface area (Å²) in [6.07, 6.45) is -0.495. The third-order valence-electron chi connectivity index (χ3n) is 2.39. The number of nitrogens with one attached hydrogen (secondary N) is 1. The highest BCUT2D eigenvalue weighted by molar-refractivity contribution is 5.85. The van der Waals surface area contributed by atoms with Gasteiger partial charge in [-0.25, -0.2) is 9.48 Å². The molecule has 0 aliphatic rings. The highest BCUT2D eigenvalue weighted by Gasteiger charge is 2.16. The summed E-state index contributed by atoms with van der Waals surface area (Å²) in [5.74, 6) is 0.623. The molecule has 0 saturated carbocycles. The molecule has 1 aromatic heterocycles. The van der Waals surface area contributed by atoms with Gasteiger partial charge in [0.05, 0.1) is 0 Å². The molecule has 0 unspecified atom stereocenters.